The largest absolute Gasteiger partial charge is 0.464 e. The minimum Gasteiger partial charge on any atom is -0.464 e. The third-order valence-electron chi connectivity index (χ3n) is 3.57. The van der Waals surface area contributed by atoms with Crippen LogP contribution >= 0.6 is 11.3 Å². The highest BCUT2D eigenvalue weighted by Gasteiger charge is 2.38. The molecule has 104 valence electrons. The second kappa shape index (κ2) is 4.59. The molecule has 2 aromatic heterocycles. The normalized spacial score (nSPS) is 16.1. The Labute approximate surface area is 122 Å². The number of esters is 1. The number of aromatic nitrogens is 1. The van der Waals surface area contributed by atoms with Crippen LogP contribution in [-0.4, -0.2) is 24.6 Å². The van der Waals surface area contributed by atoms with E-state index in [4.69, 9.17) is 4.74 Å². The summed E-state index contributed by atoms with van der Waals surface area (Å²) in [6, 6.07) is 5.79. The van der Waals surface area contributed by atoms with E-state index in [0.29, 0.717) is 5.69 Å². The second-order valence-electron chi connectivity index (χ2n) is 5.51. The molecule has 3 heterocycles. The predicted octanol–water partition coefficient (Wildman–Crippen LogP) is 3.36. The van der Waals surface area contributed by atoms with Crippen molar-refractivity contribution in [3.05, 3.63) is 40.3 Å². The van der Waals surface area contributed by atoms with E-state index in [0.717, 1.165) is 17.9 Å². The van der Waals surface area contributed by atoms with Crippen LogP contribution in [-0.2, 0) is 10.2 Å². The Balaban J connectivity index is 2.09. The van der Waals surface area contributed by atoms with Crippen molar-refractivity contribution in [2.75, 3.05) is 18.6 Å². The second-order valence-corrected chi connectivity index (χ2v) is 6.29. The zero-order valence-corrected chi connectivity index (χ0v) is 12.5. The number of pyridine rings is 1. The van der Waals surface area contributed by atoms with Gasteiger partial charge in [0, 0.05) is 17.3 Å². The van der Waals surface area contributed by atoms with Gasteiger partial charge in [0.15, 0.2) is 0 Å². The molecule has 0 aliphatic carbocycles. The van der Waals surface area contributed by atoms with Gasteiger partial charge in [0.1, 0.15) is 5.69 Å². The highest BCUT2D eigenvalue weighted by atomic mass is 32.1. The Morgan fingerprint density at radius 3 is 2.85 bits per heavy atom. The van der Waals surface area contributed by atoms with Gasteiger partial charge >= 0.3 is 5.97 Å². The first-order valence-electron chi connectivity index (χ1n) is 6.42. The van der Waals surface area contributed by atoms with Gasteiger partial charge in [-0.2, -0.15) is 11.3 Å². The fraction of sp³-hybridized carbons (Fsp3) is 0.333. The maximum Gasteiger partial charge on any atom is 0.356 e. The highest BCUT2D eigenvalue weighted by molar-refractivity contribution is 7.08. The third-order valence-corrected chi connectivity index (χ3v) is 4.24. The number of rotatable bonds is 2. The molecule has 1 aliphatic heterocycles. The molecular formula is C15H16N2O2S. The molecule has 0 saturated carbocycles. The summed E-state index contributed by atoms with van der Waals surface area (Å²) in [5.41, 5.74) is 3.47. The highest BCUT2D eigenvalue weighted by Crippen LogP contribution is 2.43. The van der Waals surface area contributed by atoms with Crippen molar-refractivity contribution in [3.8, 4) is 0 Å². The van der Waals surface area contributed by atoms with Crippen LogP contribution in [0.25, 0.3) is 0 Å². The molecule has 0 amide bonds. The zero-order valence-electron chi connectivity index (χ0n) is 11.7. The Morgan fingerprint density at radius 1 is 1.40 bits per heavy atom. The Morgan fingerprint density at radius 2 is 2.20 bits per heavy atom. The number of thiophene rings is 1. The Hall–Kier alpha value is -1.88. The van der Waals surface area contributed by atoms with Crippen molar-refractivity contribution in [3.63, 3.8) is 0 Å². The molecule has 0 radical (unpaired) electrons. The summed E-state index contributed by atoms with van der Waals surface area (Å²) in [7, 11) is 1.38. The Bertz CT molecular complexity index is 650. The van der Waals surface area contributed by atoms with Crippen molar-refractivity contribution < 1.29 is 9.53 Å². The van der Waals surface area contributed by atoms with Gasteiger partial charge < -0.3 is 9.64 Å². The number of ether oxygens (including phenoxy) is 1. The lowest BCUT2D eigenvalue weighted by Gasteiger charge is -2.20. The van der Waals surface area contributed by atoms with E-state index in [9.17, 15) is 4.79 Å². The molecule has 3 rings (SSSR count). The number of carbonyl (C=O) groups excluding carboxylic acids is 1. The van der Waals surface area contributed by atoms with E-state index in [2.05, 4.69) is 40.6 Å². The maximum atomic E-state index is 11.6. The van der Waals surface area contributed by atoms with Gasteiger partial charge in [-0.3, -0.25) is 0 Å². The molecule has 0 unspecified atom stereocenters. The van der Waals surface area contributed by atoms with Crippen molar-refractivity contribution in [2.24, 2.45) is 0 Å². The number of hydrogen-bond acceptors (Lipinski definition) is 5. The molecule has 1 aliphatic rings. The summed E-state index contributed by atoms with van der Waals surface area (Å²) in [6.45, 7) is 5.15. The van der Waals surface area contributed by atoms with Crippen LogP contribution in [0.4, 0.5) is 11.4 Å². The van der Waals surface area contributed by atoms with E-state index < -0.39 is 5.97 Å². The number of fused-ring (bicyclic) bond motifs is 1. The third kappa shape index (κ3) is 1.98. The van der Waals surface area contributed by atoms with Crippen LogP contribution in [0.3, 0.4) is 0 Å². The van der Waals surface area contributed by atoms with Crippen molar-refractivity contribution in [1.82, 2.24) is 4.98 Å². The van der Waals surface area contributed by atoms with Crippen LogP contribution in [0.5, 0.6) is 0 Å². The molecule has 0 saturated heterocycles. The van der Waals surface area contributed by atoms with Gasteiger partial charge in [-0.1, -0.05) is 13.8 Å². The van der Waals surface area contributed by atoms with E-state index in [1.54, 1.807) is 17.4 Å². The molecule has 5 heteroatoms. The minimum atomic E-state index is -0.391. The van der Waals surface area contributed by atoms with Gasteiger partial charge in [-0.05, 0) is 23.6 Å². The molecule has 0 N–H and O–H groups in total. The lowest BCUT2D eigenvalue weighted by molar-refractivity contribution is 0.0593. The molecule has 0 atom stereocenters. The van der Waals surface area contributed by atoms with Crippen LogP contribution < -0.4 is 4.90 Å². The van der Waals surface area contributed by atoms with Gasteiger partial charge in [-0.25, -0.2) is 9.78 Å². The van der Waals surface area contributed by atoms with Gasteiger partial charge in [0.2, 0.25) is 0 Å². The summed E-state index contributed by atoms with van der Waals surface area (Å²) in [4.78, 5) is 18.4. The standard InChI is InChI=1S/C15H16N2O2S/c1-15(2)9-17(10-6-7-20-8-10)12-5-4-11(14(18)19-3)16-13(12)15/h4-8H,9H2,1-3H3. The zero-order chi connectivity index (χ0) is 14.3. The fourth-order valence-corrected chi connectivity index (χ4v) is 3.22. The first-order chi connectivity index (χ1) is 9.53. The van der Waals surface area contributed by atoms with E-state index >= 15 is 0 Å². The van der Waals surface area contributed by atoms with Crippen molar-refractivity contribution in [1.29, 1.82) is 0 Å². The average molecular weight is 288 g/mol. The van der Waals surface area contributed by atoms with Crippen molar-refractivity contribution >= 4 is 28.7 Å². The number of anilines is 2. The molecule has 0 spiro atoms. The van der Waals surface area contributed by atoms with Crippen LogP contribution in [0.15, 0.2) is 29.0 Å². The summed E-state index contributed by atoms with van der Waals surface area (Å²) in [6.07, 6.45) is 0. The van der Waals surface area contributed by atoms with E-state index in [-0.39, 0.29) is 5.41 Å². The molecule has 0 aromatic carbocycles. The molecule has 2 aromatic rings. The molecule has 4 nitrogen and oxygen atoms in total. The predicted molar refractivity (Wildman–Crippen MR) is 79.9 cm³/mol. The first kappa shape index (κ1) is 13.1. The molecule has 0 fully saturated rings. The van der Waals surface area contributed by atoms with E-state index in [1.165, 1.54) is 12.8 Å². The number of methoxy groups -OCH3 is 1. The van der Waals surface area contributed by atoms with Gasteiger partial charge in [-0.15, -0.1) is 0 Å². The summed E-state index contributed by atoms with van der Waals surface area (Å²) < 4.78 is 4.75. The summed E-state index contributed by atoms with van der Waals surface area (Å²) in [5, 5.41) is 4.19. The van der Waals surface area contributed by atoms with Crippen LogP contribution in [0, 0.1) is 0 Å². The minimum absolute atomic E-state index is 0.0959. The SMILES string of the molecule is COC(=O)c1ccc2c(n1)C(C)(C)CN2c1ccsc1. The smallest absolute Gasteiger partial charge is 0.356 e. The number of hydrogen-bond donors (Lipinski definition) is 0. The monoisotopic (exact) mass is 288 g/mol. The van der Waals surface area contributed by atoms with Crippen LogP contribution in [0.1, 0.15) is 30.0 Å². The molecular weight excluding hydrogens is 272 g/mol. The first-order valence-corrected chi connectivity index (χ1v) is 7.37. The summed E-state index contributed by atoms with van der Waals surface area (Å²) >= 11 is 1.68. The average Bonchev–Trinajstić information content (AvgIpc) is 3.04. The Kier molecular flexibility index (Phi) is 3.01. The topological polar surface area (TPSA) is 42.4 Å². The van der Waals surface area contributed by atoms with Crippen LogP contribution in [0.2, 0.25) is 0 Å². The quantitative estimate of drug-likeness (QED) is 0.795. The molecule has 0 bridgehead atoms. The maximum absolute atomic E-state index is 11.6. The van der Waals surface area contributed by atoms with Gasteiger partial charge in [0.05, 0.1) is 24.2 Å². The van der Waals surface area contributed by atoms with E-state index in [1.807, 2.05) is 6.07 Å². The van der Waals surface area contributed by atoms with Gasteiger partial charge in [0.25, 0.3) is 0 Å². The summed E-state index contributed by atoms with van der Waals surface area (Å²) in [5.74, 6) is -0.391. The van der Waals surface area contributed by atoms with Crippen molar-refractivity contribution in [2.45, 2.75) is 19.3 Å². The lowest BCUT2D eigenvalue weighted by Crippen LogP contribution is -2.25. The number of nitrogens with zero attached hydrogens (tertiary/aromatic N) is 2. The lowest BCUT2D eigenvalue weighted by atomic mass is 9.91. The number of carbonyl (C=O) groups is 1. The molecule has 20 heavy (non-hydrogen) atoms. The fourth-order valence-electron chi connectivity index (χ4n) is 2.58.